The molecule has 3 aromatic rings. The van der Waals surface area contributed by atoms with E-state index >= 15 is 0 Å². The second-order valence-electron chi connectivity index (χ2n) is 5.47. The molecule has 0 N–H and O–H groups in total. The summed E-state index contributed by atoms with van der Waals surface area (Å²) in [7, 11) is 0. The number of hydrogen-bond acceptors (Lipinski definition) is 6. The number of para-hydroxylation sites is 1. The zero-order chi connectivity index (χ0) is 17.8. The predicted octanol–water partition coefficient (Wildman–Crippen LogP) is 3.97. The van der Waals surface area contributed by atoms with Gasteiger partial charge < -0.3 is 9.15 Å². The van der Waals surface area contributed by atoms with Gasteiger partial charge in [-0.2, -0.15) is 5.26 Å². The molecular weight excluding hydrogens is 318 g/mol. The zero-order valence-electron chi connectivity index (χ0n) is 13.8. The molecule has 6 heteroatoms. The normalized spacial score (nSPS) is 11.6. The third-order valence-electron chi connectivity index (χ3n) is 3.43. The molecule has 2 aromatic heterocycles. The molecule has 1 atom stereocenters. The van der Waals surface area contributed by atoms with E-state index in [9.17, 15) is 10.1 Å². The van der Waals surface area contributed by atoms with E-state index in [0.29, 0.717) is 17.1 Å². The first kappa shape index (κ1) is 16.4. The number of Topliss-reactive ketones (excluding diaryl/α,β-unsaturated/α-hetero) is 1. The van der Waals surface area contributed by atoms with Crippen LogP contribution >= 0.6 is 0 Å². The summed E-state index contributed by atoms with van der Waals surface area (Å²) in [4.78, 5) is 21.0. The minimum atomic E-state index is -1.13. The van der Waals surface area contributed by atoms with E-state index in [-0.39, 0.29) is 17.5 Å². The van der Waals surface area contributed by atoms with Crippen molar-refractivity contribution in [2.24, 2.45) is 0 Å². The van der Waals surface area contributed by atoms with Crippen LogP contribution in [0.5, 0.6) is 11.7 Å². The van der Waals surface area contributed by atoms with E-state index in [1.54, 1.807) is 32.0 Å². The molecule has 0 amide bonds. The molecule has 25 heavy (non-hydrogen) atoms. The number of benzene rings is 1. The number of nitriles is 1. The van der Waals surface area contributed by atoms with Crippen LogP contribution in [0.25, 0.3) is 0 Å². The first-order valence-corrected chi connectivity index (χ1v) is 7.65. The number of aromatic nitrogens is 2. The van der Waals surface area contributed by atoms with E-state index in [1.165, 1.54) is 12.1 Å². The van der Waals surface area contributed by atoms with Crippen LogP contribution in [-0.2, 0) is 0 Å². The lowest BCUT2D eigenvalue weighted by Crippen LogP contribution is -2.15. The van der Waals surface area contributed by atoms with Crippen LogP contribution in [-0.4, -0.2) is 15.8 Å². The Balaban J connectivity index is 1.83. The van der Waals surface area contributed by atoms with Crippen LogP contribution in [0.3, 0.4) is 0 Å². The van der Waals surface area contributed by atoms with Crippen LogP contribution < -0.4 is 4.74 Å². The first-order valence-electron chi connectivity index (χ1n) is 7.65. The summed E-state index contributed by atoms with van der Waals surface area (Å²) in [6.45, 7) is 3.57. The SMILES string of the molecule is Cc1cc(C)nc([C@@H](C#N)C(=O)c2ccc(Oc3ccccc3)o2)n1. The summed E-state index contributed by atoms with van der Waals surface area (Å²) in [6.07, 6.45) is 0. The Hall–Kier alpha value is -3.46. The molecule has 0 aliphatic carbocycles. The van der Waals surface area contributed by atoms with Crippen molar-refractivity contribution in [2.75, 3.05) is 0 Å². The van der Waals surface area contributed by atoms with Gasteiger partial charge in [-0.3, -0.25) is 4.79 Å². The van der Waals surface area contributed by atoms with Gasteiger partial charge in [-0.1, -0.05) is 18.2 Å². The molecule has 6 nitrogen and oxygen atoms in total. The molecule has 124 valence electrons. The third-order valence-corrected chi connectivity index (χ3v) is 3.43. The number of hydrogen-bond donors (Lipinski definition) is 0. The number of ketones is 1. The second-order valence-corrected chi connectivity index (χ2v) is 5.47. The Labute approximate surface area is 144 Å². The molecule has 0 fully saturated rings. The van der Waals surface area contributed by atoms with Gasteiger partial charge in [0.2, 0.25) is 5.78 Å². The van der Waals surface area contributed by atoms with Gasteiger partial charge in [0.25, 0.3) is 5.95 Å². The minimum absolute atomic E-state index is 0.0280. The molecule has 3 rings (SSSR count). The van der Waals surface area contributed by atoms with Crippen LogP contribution in [0.2, 0.25) is 0 Å². The highest BCUT2D eigenvalue weighted by molar-refractivity contribution is 6.00. The summed E-state index contributed by atoms with van der Waals surface area (Å²) in [5, 5.41) is 9.41. The Morgan fingerprint density at radius 2 is 1.80 bits per heavy atom. The Bertz CT molecular complexity index is 922. The molecule has 0 bridgehead atoms. The van der Waals surface area contributed by atoms with Crippen molar-refractivity contribution < 1.29 is 13.9 Å². The summed E-state index contributed by atoms with van der Waals surface area (Å²) in [5.41, 5.74) is 1.39. The van der Waals surface area contributed by atoms with Crippen LogP contribution in [0.1, 0.15) is 33.7 Å². The van der Waals surface area contributed by atoms with E-state index in [4.69, 9.17) is 9.15 Å². The molecule has 0 radical (unpaired) electrons. The van der Waals surface area contributed by atoms with Gasteiger partial charge in [-0.05, 0) is 38.1 Å². The number of rotatable bonds is 5. The summed E-state index contributed by atoms with van der Waals surface area (Å²) >= 11 is 0. The van der Waals surface area contributed by atoms with Crippen molar-refractivity contribution in [3.8, 4) is 17.8 Å². The maximum Gasteiger partial charge on any atom is 0.290 e. The fraction of sp³-hybridized carbons (Fsp3) is 0.158. The minimum Gasteiger partial charge on any atom is -0.426 e. The van der Waals surface area contributed by atoms with E-state index in [2.05, 4.69) is 9.97 Å². The average molecular weight is 333 g/mol. The maximum atomic E-state index is 12.6. The van der Waals surface area contributed by atoms with Crippen molar-refractivity contribution in [3.05, 3.63) is 71.5 Å². The average Bonchev–Trinajstić information content (AvgIpc) is 3.04. The van der Waals surface area contributed by atoms with Crippen LogP contribution in [0.4, 0.5) is 0 Å². The standard InChI is InChI=1S/C19H15N3O3/c1-12-10-13(2)22-19(21-12)15(11-20)18(23)16-8-9-17(25-16)24-14-6-4-3-5-7-14/h3-10,15H,1-2H3/t15-/m0/s1. The molecule has 0 saturated heterocycles. The third kappa shape index (κ3) is 3.72. The molecule has 0 aliphatic heterocycles. The fourth-order valence-electron chi connectivity index (χ4n) is 2.37. The lowest BCUT2D eigenvalue weighted by molar-refractivity contribution is 0.0944. The molecule has 2 heterocycles. The molecule has 0 unspecified atom stereocenters. The summed E-state index contributed by atoms with van der Waals surface area (Å²) in [5.74, 6) is -0.671. The quantitative estimate of drug-likeness (QED) is 0.656. The zero-order valence-corrected chi connectivity index (χ0v) is 13.8. The summed E-state index contributed by atoms with van der Waals surface area (Å²) < 4.78 is 11.0. The number of ether oxygens (including phenoxy) is 1. The van der Waals surface area contributed by atoms with Crippen LogP contribution in [0, 0.1) is 25.2 Å². The smallest absolute Gasteiger partial charge is 0.290 e. The van der Waals surface area contributed by atoms with Gasteiger partial charge in [0, 0.05) is 17.5 Å². The highest BCUT2D eigenvalue weighted by Crippen LogP contribution is 2.26. The number of furan rings is 1. The van der Waals surface area contributed by atoms with Gasteiger partial charge in [-0.25, -0.2) is 9.97 Å². The van der Waals surface area contributed by atoms with Gasteiger partial charge in [0.1, 0.15) is 5.75 Å². The highest BCUT2D eigenvalue weighted by Gasteiger charge is 2.28. The van der Waals surface area contributed by atoms with E-state index < -0.39 is 11.7 Å². The molecule has 0 spiro atoms. The Kier molecular flexibility index (Phi) is 4.57. The lowest BCUT2D eigenvalue weighted by Gasteiger charge is -2.07. The summed E-state index contributed by atoms with van der Waals surface area (Å²) in [6, 6.07) is 15.8. The highest BCUT2D eigenvalue weighted by atomic mass is 16.6. The second kappa shape index (κ2) is 6.97. The van der Waals surface area contributed by atoms with E-state index in [1.807, 2.05) is 24.3 Å². The fourth-order valence-corrected chi connectivity index (χ4v) is 2.37. The number of carbonyl (C=O) groups is 1. The van der Waals surface area contributed by atoms with Crippen molar-refractivity contribution >= 4 is 5.78 Å². The largest absolute Gasteiger partial charge is 0.426 e. The first-order chi connectivity index (χ1) is 12.1. The Morgan fingerprint density at radius 3 is 2.44 bits per heavy atom. The van der Waals surface area contributed by atoms with E-state index in [0.717, 1.165) is 0 Å². The monoisotopic (exact) mass is 333 g/mol. The van der Waals surface area contributed by atoms with Gasteiger partial charge in [0.15, 0.2) is 17.5 Å². The van der Waals surface area contributed by atoms with Crippen molar-refractivity contribution in [1.29, 1.82) is 5.26 Å². The molecular formula is C19H15N3O3. The maximum absolute atomic E-state index is 12.6. The topological polar surface area (TPSA) is 89.0 Å². The van der Waals surface area contributed by atoms with Gasteiger partial charge in [0.05, 0.1) is 6.07 Å². The molecule has 0 aliphatic rings. The lowest BCUT2D eigenvalue weighted by atomic mass is 10.0. The number of aryl methyl sites for hydroxylation is 2. The van der Waals surface area contributed by atoms with Gasteiger partial charge >= 0.3 is 0 Å². The van der Waals surface area contributed by atoms with Crippen molar-refractivity contribution in [3.63, 3.8) is 0 Å². The van der Waals surface area contributed by atoms with Crippen LogP contribution in [0.15, 0.2) is 52.9 Å². The van der Waals surface area contributed by atoms with Gasteiger partial charge in [-0.15, -0.1) is 0 Å². The molecule has 0 saturated carbocycles. The van der Waals surface area contributed by atoms with Crippen molar-refractivity contribution in [2.45, 2.75) is 19.8 Å². The number of carbonyl (C=O) groups excluding carboxylic acids is 1. The predicted molar refractivity (Wildman–Crippen MR) is 89.4 cm³/mol. The molecule has 1 aromatic carbocycles. The number of nitrogens with zero attached hydrogens (tertiary/aromatic N) is 3. The van der Waals surface area contributed by atoms with Crippen molar-refractivity contribution in [1.82, 2.24) is 9.97 Å². The Morgan fingerprint density at radius 1 is 1.12 bits per heavy atom.